The smallest absolute Gasteiger partial charge is 0.272 e. The van der Waals surface area contributed by atoms with Crippen LogP contribution in [0.1, 0.15) is 95.3 Å². The summed E-state index contributed by atoms with van der Waals surface area (Å²) in [4.78, 5) is 21.4. The molecule has 2 aliphatic heterocycles. The molecule has 0 atom stereocenters. The molecule has 2 aromatic rings. The zero-order chi connectivity index (χ0) is 32.3. The van der Waals surface area contributed by atoms with Crippen molar-refractivity contribution in [3.8, 4) is 5.75 Å². The molecule has 1 amide bonds. The van der Waals surface area contributed by atoms with Crippen LogP contribution in [0.5, 0.6) is 5.75 Å². The number of amides is 1. The van der Waals surface area contributed by atoms with E-state index in [2.05, 4.69) is 53.8 Å². The van der Waals surface area contributed by atoms with Crippen LogP contribution in [0.2, 0.25) is 0 Å². The number of alkyl halides is 2. The lowest BCUT2D eigenvalue weighted by molar-refractivity contribution is -0.107. The lowest BCUT2D eigenvalue weighted by Gasteiger charge is -2.49. The average Bonchev–Trinajstić information content (AvgIpc) is 3.70. The third-order valence-electron chi connectivity index (χ3n) is 6.20. The highest BCUT2D eigenvalue weighted by molar-refractivity contribution is 8.40. The van der Waals surface area contributed by atoms with Crippen LogP contribution in [-0.2, 0) is 11.2 Å². The van der Waals surface area contributed by atoms with E-state index in [1.54, 1.807) is 6.07 Å². The van der Waals surface area contributed by atoms with E-state index in [0.29, 0.717) is 12.2 Å². The van der Waals surface area contributed by atoms with E-state index in [0.717, 1.165) is 36.2 Å². The van der Waals surface area contributed by atoms with Gasteiger partial charge in [-0.15, -0.1) is 0 Å². The van der Waals surface area contributed by atoms with E-state index >= 15 is 0 Å². The average molecular weight is 610 g/mol. The van der Waals surface area contributed by atoms with Crippen molar-refractivity contribution in [2.45, 2.75) is 100 Å². The summed E-state index contributed by atoms with van der Waals surface area (Å²) < 4.78 is 28.6. The molecule has 0 aromatic heterocycles. The molecular formula is C35H57F2NO3S. The molecule has 0 aliphatic carbocycles. The molecule has 0 saturated carbocycles. The molecule has 0 bridgehead atoms. The monoisotopic (exact) mass is 609 g/mol. The van der Waals surface area contributed by atoms with Crippen LogP contribution in [0, 0.1) is 19.8 Å². The third kappa shape index (κ3) is 16.3. The Hall–Kier alpha value is -2.41. The minimum absolute atomic E-state index is 0.0711. The number of aryl methyl sites for hydroxylation is 3. The van der Waals surface area contributed by atoms with Gasteiger partial charge in [0.2, 0.25) is 0 Å². The van der Waals surface area contributed by atoms with Crippen LogP contribution in [0.4, 0.5) is 8.78 Å². The molecule has 1 N–H and O–H groups in total. The van der Waals surface area contributed by atoms with Gasteiger partial charge in [0, 0.05) is 23.5 Å². The number of hydrogen-bond acceptors (Lipinski definition) is 3. The van der Waals surface area contributed by atoms with Crippen LogP contribution in [-0.4, -0.2) is 53.8 Å². The molecule has 240 valence electrons. The molecule has 2 saturated heterocycles. The Kier molecular flexibility index (Phi) is 19.3. The van der Waals surface area contributed by atoms with Crippen LogP contribution in [0.3, 0.4) is 0 Å². The van der Waals surface area contributed by atoms with Gasteiger partial charge in [0.05, 0.1) is 5.54 Å². The van der Waals surface area contributed by atoms with Gasteiger partial charge < -0.3 is 14.8 Å². The fourth-order valence-electron chi connectivity index (χ4n) is 4.26. The van der Waals surface area contributed by atoms with Gasteiger partial charge in [-0.05, 0) is 85.6 Å². The molecule has 7 heteroatoms. The first-order valence-corrected chi connectivity index (χ1v) is 17.7. The Bertz CT molecular complexity index is 1040. The number of hydrogen-bond donors (Lipinski definition) is 1. The van der Waals surface area contributed by atoms with Crippen molar-refractivity contribution in [3.63, 3.8) is 0 Å². The number of aldehydes is 1. The Labute approximate surface area is 256 Å². The van der Waals surface area contributed by atoms with Gasteiger partial charge in [-0.1, -0.05) is 73.1 Å². The number of nitrogens with one attached hydrogen (secondary N) is 1. The lowest BCUT2D eigenvalue weighted by atomic mass is 10.0. The number of benzene rings is 2. The van der Waals surface area contributed by atoms with Crippen molar-refractivity contribution in [1.82, 2.24) is 5.32 Å². The molecule has 1 spiro atoms. The molecular weight excluding hydrogens is 552 g/mol. The summed E-state index contributed by atoms with van der Waals surface area (Å²) >= 11 is 0. The summed E-state index contributed by atoms with van der Waals surface area (Å²) in [7, 11) is -0.197. The topological polar surface area (TPSA) is 55.4 Å². The minimum atomic E-state index is -2.41. The Balaban J connectivity index is 0.000000622. The molecule has 2 aliphatic rings. The van der Waals surface area contributed by atoms with E-state index in [9.17, 15) is 18.4 Å². The number of ether oxygens (including phenoxy) is 1. The maximum atomic E-state index is 12.2. The molecule has 0 radical (unpaired) electrons. The number of halogens is 2. The van der Waals surface area contributed by atoms with Crippen molar-refractivity contribution < 1.29 is 23.1 Å². The van der Waals surface area contributed by atoms with Crippen molar-refractivity contribution in [1.29, 1.82) is 0 Å². The van der Waals surface area contributed by atoms with E-state index in [1.165, 1.54) is 34.1 Å². The largest absolute Gasteiger partial charge is 0.488 e. The predicted octanol–water partition coefficient (Wildman–Crippen LogP) is 9.19. The molecule has 2 heterocycles. The standard InChI is InChI=1S/C15H21NOS.C11H14F2O.C4H10.C3H6O.C2H6/c1-11-4-5-13(8-12(11)2)14(17)16-15(3)9-18(10-15)6-7-18;1-2-4-9-5-3-6-10(7-9)14-8-11(12)13;1-4(2)3;1-2-3-4;1-2/h4-5,8H,6-7,9-10H2,1-3H3,(H,16,17);3,5-7,11H,2,4,8H2,1H3;4H,1-3H3;3H,2H2,1H3;1-2H3. The van der Waals surface area contributed by atoms with Crippen LogP contribution in [0.15, 0.2) is 42.5 Å². The van der Waals surface area contributed by atoms with Crippen LogP contribution >= 0.6 is 10.0 Å². The maximum Gasteiger partial charge on any atom is 0.272 e. The second-order valence-electron chi connectivity index (χ2n) is 11.6. The highest BCUT2D eigenvalue weighted by atomic mass is 32.3. The first-order valence-electron chi connectivity index (χ1n) is 15.4. The van der Waals surface area contributed by atoms with Gasteiger partial charge >= 0.3 is 0 Å². The van der Waals surface area contributed by atoms with E-state index in [1.807, 2.05) is 57.2 Å². The molecule has 4 rings (SSSR count). The molecule has 2 aromatic carbocycles. The molecule has 2 fully saturated rings. The summed E-state index contributed by atoms with van der Waals surface area (Å²) in [5.41, 5.74) is 4.42. The fourth-order valence-corrected chi connectivity index (χ4v) is 8.54. The molecule has 4 nitrogen and oxygen atoms in total. The molecule has 0 unspecified atom stereocenters. The van der Waals surface area contributed by atoms with E-state index in [4.69, 9.17) is 4.74 Å². The predicted molar refractivity (Wildman–Crippen MR) is 179 cm³/mol. The summed E-state index contributed by atoms with van der Waals surface area (Å²) in [5.74, 6) is 6.84. The number of carbonyl (C=O) groups excluding carboxylic acids is 2. The van der Waals surface area contributed by atoms with Crippen molar-refractivity contribution in [2.75, 3.05) is 29.6 Å². The van der Waals surface area contributed by atoms with Gasteiger partial charge in [0.15, 0.2) is 0 Å². The summed E-state index contributed by atoms with van der Waals surface area (Å²) in [6.07, 6.45) is 1.09. The second kappa shape index (κ2) is 20.5. The van der Waals surface area contributed by atoms with Crippen molar-refractivity contribution in [3.05, 3.63) is 64.7 Å². The van der Waals surface area contributed by atoms with Gasteiger partial charge in [0.25, 0.3) is 12.3 Å². The Morgan fingerprint density at radius 3 is 2.05 bits per heavy atom. The first-order chi connectivity index (χ1) is 19.8. The summed E-state index contributed by atoms with van der Waals surface area (Å²) in [5, 5.41) is 3.23. The third-order valence-corrected chi connectivity index (χ3v) is 10.3. The van der Waals surface area contributed by atoms with Crippen LogP contribution < -0.4 is 10.1 Å². The second-order valence-corrected chi connectivity index (χ2v) is 15.5. The summed E-state index contributed by atoms with van der Waals surface area (Å²) in [6, 6.07) is 13.3. The zero-order valence-electron chi connectivity index (χ0n) is 27.8. The number of carbonyl (C=O) groups is 2. The SMILES string of the molecule is CC.CC(C)C.CCC=O.CCCc1cccc(OCC(F)F)c1.Cc1ccc(C(=O)NC2(C)CS3(CC3)C2)cc1C. The Morgan fingerprint density at radius 1 is 1.02 bits per heavy atom. The quantitative estimate of drug-likeness (QED) is 0.240. The highest BCUT2D eigenvalue weighted by Crippen LogP contribution is 2.71. The van der Waals surface area contributed by atoms with Gasteiger partial charge in [-0.3, -0.25) is 4.79 Å². The van der Waals surface area contributed by atoms with Crippen LogP contribution in [0.25, 0.3) is 0 Å². The minimum Gasteiger partial charge on any atom is -0.488 e. The van der Waals surface area contributed by atoms with Crippen molar-refractivity contribution in [2.24, 2.45) is 5.92 Å². The van der Waals surface area contributed by atoms with E-state index < -0.39 is 13.0 Å². The molecule has 42 heavy (non-hydrogen) atoms. The lowest BCUT2D eigenvalue weighted by Crippen LogP contribution is -2.58. The van der Waals surface area contributed by atoms with Gasteiger partial charge in [-0.2, -0.15) is 0 Å². The van der Waals surface area contributed by atoms with Gasteiger partial charge in [-0.25, -0.2) is 18.8 Å². The van der Waals surface area contributed by atoms with Gasteiger partial charge in [0.1, 0.15) is 18.6 Å². The first kappa shape index (κ1) is 39.6. The normalized spacial score (nSPS) is 15.5. The maximum absolute atomic E-state index is 12.2. The zero-order valence-corrected chi connectivity index (χ0v) is 28.6. The number of rotatable bonds is 8. The van der Waals surface area contributed by atoms with E-state index in [-0.39, 0.29) is 21.5 Å². The Morgan fingerprint density at radius 2 is 1.60 bits per heavy atom. The fraction of sp³-hybridized carbons (Fsp3) is 0.600. The summed E-state index contributed by atoms with van der Waals surface area (Å²) in [6.45, 7) is 20.2. The highest BCUT2D eigenvalue weighted by Gasteiger charge is 2.55. The van der Waals surface area contributed by atoms with Crippen molar-refractivity contribution >= 4 is 22.2 Å².